The van der Waals surface area contributed by atoms with Crippen molar-refractivity contribution in [2.75, 3.05) is 11.9 Å². The summed E-state index contributed by atoms with van der Waals surface area (Å²) in [5, 5.41) is 11.0. The molecular formula is C23H28N4O. The highest BCUT2D eigenvalue weighted by Gasteiger charge is 2.16. The van der Waals surface area contributed by atoms with E-state index >= 15 is 0 Å². The molecule has 3 rings (SSSR count). The number of hydrogen-bond acceptors (Lipinski definition) is 3. The molecule has 0 saturated carbocycles. The molecule has 0 spiro atoms. The molecule has 0 bridgehead atoms. The monoisotopic (exact) mass is 376 g/mol. The van der Waals surface area contributed by atoms with Crippen molar-refractivity contribution >= 4 is 11.6 Å². The standard InChI is InChI=1S/C23H28N4O/c1-4-11-21(19-12-7-5-8-13-19)24-16-22(28)25-23-17(2)26-27(18(23)3)20-14-9-6-10-15-20/h5-10,12-15,21,24H,4,11,16H2,1-3H3,(H,25,28)/t21-/m1/s1. The van der Waals surface area contributed by atoms with Crippen LogP contribution in [0.15, 0.2) is 60.7 Å². The summed E-state index contributed by atoms with van der Waals surface area (Å²) in [4.78, 5) is 12.6. The molecule has 0 saturated heterocycles. The number of aromatic nitrogens is 2. The first kappa shape index (κ1) is 19.8. The van der Waals surface area contributed by atoms with E-state index in [1.807, 2.05) is 67.1 Å². The molecule has 3 aromatic rings. The summed E-state index contributed by atoms with van der Waals surface area (Å²) in [5.41, 5.74) is 4.70. The smallest absolute Gasteiger partial charge is 0.238 e. The number of anilines is 1. The second kappa shape index (κ2) is 9.33. The fourth-order valence-electron chi connectivity index (χ4n) is 3.40. The summed E-state index contributed by atoms with van der Waals surface area (Å²) < 4.78 is 1.86. The van der Waals surface area contributed by atoms with E-state index in [1.54, 1.807) is 0 Å². The molecule has 0 aliphatic carbocycles. The number of hydrogen-bond donors (Lipinski definition) is 2. The van der Waals surface area contributed by atoms with Crippen molar-refractivity contribution in [3.63, 3.8) is 0 Å². The minimum absolute atomic E-state index is 0.0594. The van der Waals surface area contributed by atoms with Crippen LogP contribution in [0.5, 0.6) is 0 Å². The summed E-state index contributed by atoms with van der Waals surface area (Å²) in [6, 6.07) is 20.4. The molecule has 5 heteroatoms. The second-order valence-corrected chi connectivity index (χ2v) is 6.97. The molecule has 2 N–H and O–H groups in total. The Labute approximate surface area is 166 Å². The lowest BCUT2D eigenvalue weighted by atomic mass is 10.0. The molecule has 1 atom stereocenters. The molecule has 2 aromatic carbocycles. The number of rotatable bonds is 8. The van der Waals surface area contributed by atoms with Gasteiger partial charge in [-0.2, -0.15) is 5.10 Å². The number of nitrogens with zero attached hydrogens (tertiary/aromatic N) is 2. The predicted octanol–water partition coefficient (Wildman–Crippen LogP) is 4.56. The van der Waals surface area contributed by atoms with Gasteiger partial charge in [-0.15, -0.1) is 0 Å². The summed E-state index contributed by atoms with van der Waals surface area (Å²) in [7, 11) is 0. The molecule has 0 aliphatic heterocycles. The van der Waals surface area contributed by atoms with E-state index in [2.05, 4.69) is 34.8 Å². The highest BCUT2D eigenvalue weighted by Crippen LogP contribution is 2.23. The Morgan fingerprint density at radius 1 is 1.04 bits per heavy atom. The number of carbonyl (C=O) groups is 1. The zero-order valence-corrected chi connectivity index (χ0v) is 16.8. The quantitative estimate of drug-likeness (QED) is 0.606. The van der Waals surface area contributed by atoms with Gasteiger partial charge >= 0.3 is 0 Å². The van der Waals surface area contributed by atoms with E-state index in [1.165, 1.54) is 5.56 Å². The maximum atomic E-state index is 12.6. The zero-order chi connectivity index (χ0) is 19.9. The first-order valence-corrected chi connectivity index (χ1v) is 9.80. The molecule has 1 aromatic heterocycles. The van der Waals surface area contributed by atoms with Crippen LogP contribution >= 0.6 is 0 Å². The largest absolute Gasteiger partial charge is 0.322 e. The molecule has 0 aliphatic rings. The average Bonchev–Trinajstić information content (AvgIpc) is 3.00. The number of amides is 1. The molecule has 28 heavy (non-hydrogen) atoms. The Morgan fingerprint density at radius 3 is 2.32 bits per heavy atom. The molecule has 0 unspecified atom stereocenters. The molecule has 5 nitrogen and oxygen atoms in total. The minimum Gasteiger partial charge on any atom is -0.322 e. The van der Waals surface area contributed by atoms with Gasteiger partial charge in [0.15, 0.2) is 0 Å². The van der Waals surface area contributed by atoms with E-state index in [0.29, 0.717) is 0 Å². The maximum Gasteiger partial charge on any atom is 0.238 e. The van der Waals surface area contributed by atoms with E-state index in [0.717, 1.165) is 35.6 Å². The van der Waals surface area contributed by atoms with Gasteiger partial charge in [0.05, 0.1) is 29.3 Å². The Bertz CT molecular complexity index is 903. The van der Waals surface area contributed by atoms with E-state index < -0.39 is 0 Å². The SMILES string of the molecule is CCC[C@@H](NCC(=O)Nc1c(C)nn(-c2ccccc2)c1C)c1ccccc1. The predicted molar refractivity (Wildman–Crippen MR) is 114 cm³/mol. The Kier molecular flexibility index (Phi) is 6.61. The Morgan fingerprint density at radius 2 is 1.68 bits per heavy atom. The van der Waals surface area contributed by atoms with Crippen LogP contribution in [0.3, 0.4) is 0 Å². The first-order valence-electron chi connectivity index (χ1n) is 9.80. The van der Waals surface area contributed by atoms with Gasteiger partial charge in [0.25, 0.3) is 0 Å². The molecule has 0 radical (unpaired) electrons. The van der Waals surface area contributed by atoms with Gasteiger partial charge in [-0.1, -0.05) is 61.9 Å². The van der Waals surface area contributed by atoms with Crippen LogP contribution in [0.25, 0.3) is 5.69 Å². The number of nitrogens with one attached hydrogen (secondary N) is 2. The second-order valence-electron chi connectivity index (χ2n) is 6.97. The maximum absolute atomic E-state index is 12.6. The van der Waals surface area contributed by atoms with Crippen LogP contribution in [0, 0.1) is 13.8 Å². The highest BCUT2D eigenvalue weighted by molar-refractivity contribution is 5.93. The van der Waals surface area contributed by atoms with Crippen LogP contribution in [-0.2, 0) is 4.79 Å². The van der Waals surface area contributed by atoms with Crippen molar-refractivity contribution in [2.24, 2.45) is 0 Å². The van der Waals surface area contributed by atoms with E-state index in [4.69, 9.17) is 0 Å². The van der Waals surface area contributed by atoms with Crippen molar-refractivity contribution in [3.8, 4) is 5.69 Å². The number of benzene rings is 2. The normalized spacial score (nSPS) is 12.0. The van der Waals surface area contributed by atoms with Gasteiger partial charge in [0.2, 0.25) is 5.91 Å². The van der Waals surface area contributed by atoms with Crippen molar-refractivity contribution in [2.45, 2.75) is 39.7 Å². The van der Waals surface area contributed by atoms with Crippen LogP contribution in [0.2, 0.25) is 0 Å². The van der Waals surface area contributed by atoms with Crippen molar-refractivity contribution in [1.82, 2.24) is 15.1 Å². The van der Waals surface area contributed by atoms with Gasteiger partial charge in [-0.25, -0.2) is 4.68 Å². The average molecular weight is 377 g/mol. The van der Waals surface area contributed by atoms with Crippen molar-refractivity contribution in [3.05, 3.63) is 77.6 Å². The summed E-state index contributed by atoms with van der Waals surface area (Å²) in [5.74, 6) is -0.0594. The summed E-state index contributed by atoms with van der Waals surface area (Å²) >= 11 is 0. The van der Waals surface area contributed by atoms with Gasteiger partial charge in [-0.3, -0.25) is 4.79 Å². The lowest BCUT2D eigenvalue weighted by Crippen LogP contribution is -2.31. The van der Waals surface area contributed by atoms with Crippen LogP contribution in [0.1, 0.15) is 42.8 Å². The minimum atomic E-state index is -0.0594. The molecule has 0 fully saturated rings. The molecule has 1 amide bonds. The Balaban J connectivity index is 1.67. The third kappa shape index (κ3) is 4.67. The third-order valence-electron chi connectivity index (χ3n) is 4.84. The van der Waals surface area contributed by atoms with Gasteiger partial charge < -0.3 is 10.6 Å². The third-order valence-corrected chi connectivity index (χ3v) is 4.84. The lowest BCUT2D eigenvalue weighted by Gasteiger charge is -2.18. The number of carbonyl (C=O) groups excluding carboxylic acids is 1. The lowest BCUT2D eigenvalue weighted by molar-refractivity contribution is -0.115. The fourth-order valence-corrected chi connectivity index (χ4v) is 3.40. The molecule has 1 heterocycles. The van der Waals surface area contributed by atoms with E-state index in [9.17, 15) is 4.79 Å². The molecular weight excluding hydrogens is 348 g/mol. The van der Waals surface area contributed by atoms with Crippen molar-refractivity contribution in [1.29, 1.82) is 0 Å². The van der Waals surface area contributed by atoms with Crippen LogP contribution < -0.4 is 10.6 Å². The van der Waals surface area contributed by atoms with Gasteiger partial charge in [0.1, 0.15) is 0 Å². The first-order chi connectivity index (χ1) is 13.6. The van der Waals surface area contributed by atoms with Gasteiger partial charge in [0, 0.05) is 6.04 Å². The van der Waals surface area contributed by atoms with Gasteiger partial charge in [-0.05, 0) is 38.0 Å². The van der Waals surface area contributed by atoms with Crippen LogP contribution in [0.4, 0.5) is 5.69 Å². The molecule has 146 valence electrons. The number of para-hydroxylation sites is 1. The zero-order valence-electron chi connectivity index (χ0n) is 16.8. The summed E-state index contributed by atoms with van der Waals surface area (Å²) in [6.45, 7) is 6.30. The van der Waals surface area contributed by atoms with E-state index in [-0.39, 0.29) is 18.5 Å². The fraction of sp³-hybridized carbons (Fsp3) is 0.304. The van der Waals surface area contributed by atoms with Crippen molar-refractivity contribution < 1.29 is 4.79 Å². The summed E-state index contributed by atoms with van der Waals surface area (Å²) in [6.07, 6.45) is 2.04. The highest BCUT2D eigenvalue weighted by atomic mass is 16.1. The number of aryl methyl sites for hydroxylation is 1. The Hall–Kier alpha value is -2.92. The topological polar surface area (TPSA) is 59.0 Å². The van der Waals surface area contributed by atoms with Crippen LogP contribution in [-0.4, -0.2) is 22.2 Å².